The minimum Gasteiger partial charge on any atom is -0.457 e. The maximum atomic E-state index is 14.1. The van der Waals surface area contributed by atoms with Crippen LogP contribution in [0.5, 0.6) is 0 Å². The highest BCUT2D eigenvalue weighted by atomic mass is 28.4. The highest BCUT2D eigenvalue weighted by Crippen LogP contribution is 2.39. The molecule has 2 amide bonds. The number of benzene rings is 3. The predicted octanol–water partition coefficient (Wildman–Crippen LogP) is 5.09. The minimum absolute atomic E-state index is 0.168. The van der Waals surface area contributed by atoms with E-state index in [2.05, 4.69) is 56.4 Å². The summed E-state index contributed by atoms with van der Waals surface area (Å²) in [6, 6.07) is 28.3. The summed E-state index contributed by atoms with van der Waals surface area (Å²) >= 11 is 0. The van der Waals surface area contributed by atoms with Crippen LogP contribution < -0.4 is 20.6 Å². The van der Waals surface area contributed by atoms with Crippen LogP contribution >= 0.6 is 0 Å². The van der Waals surface area contributed by atoms with Crippen molar-refractivity contribution in [2.24, 2.45) is 0 Å². The van der Waals surface area contributed by atoms with E-state index in [4.69, 9.17) is 13.9 Å². The van der Waals surface area contributed by atoms with Crippen LogP contribution in [-0.4, -0.2) is 75.3 Å². The third kappa shape index (κ3) is 7.72. The standard InChI is InChI=1S/C38H47N3O6Si/c1-27(42)39-24-31-26-41(36(44)45-31)30-20-18-28(19-21-30)29-22-23-40(25-29)34(35(43)46-37(2,3)4)47-48(38(5,6)7,32-14-10-8-11-15-32)33-16-12-9-13-17-33/h8-22,31,34H,23-26H2,1-7H3,(H,39,42)/t31-,34-/m0/s1. The van der Waals surface area contributed by atoms with Gasteiger partial charge in [0, 0.05) is 25.7 Å². The first-order valence-corrected chi connectivity index (χ1v) is 18.4. The number of nitrogens with zero attached hydrogens (tertiary/aromatic N) is 2. The van der Waals surface area contributed by atoms with Crippen molar-refractivity contribution in [1.29, 1.82) is 0 Å². The van der Waals surface area contributed by atoms with Crippen molar-refractivity contribution in [1.82, 2.24) is 10.2 Å². The Labute approximate surface area is 285 Å². The number of hydrogen-bond acceptors (Lipinski definition) is 7. The molecule has 10 heteroatoms. The molecule has 2 atom stereocenters. The second-order valence-electron chi connectivity index (χ2n) is 14.4. The number of carbonyl (C=O) groups is 3. The normalized spacial score (nSPS) is 17.9. The molecule has 0 saturated carbocycles. The number of anilines is 1. The zero-order valence-corrected chi connectivity index (χ0v) is 30.0. The van der Waals surface area contributed by atoms with Crippen LogP contribution in [0.25, 0.3) is 5.57 Å². The molecule has 3 aromatic carbocycles. The van der Waals surface area contributed by atoms with E-state index < -0.39 is 38.3 Å². The molecule has 48 heavy (non-hydrogen) atoms. The highest BCUT2D eigenvalue weighted by molar-refractivity contribution is 6.99. The van der Waals surface area contributed by atoms with Gasteiger partial charge in [0.25, 0.3) is 8.32 Å². The number of ether oxygens (including phenoxy) is 2. The van der Waals surface area contributed by atoms with E-state index in [1.807, 2.05) is 86.3 Å². The van der Waals surface area contributed by atoms with Gasteiger partial charge in [-0.2, -0.15) is 0 Å². The average molecular weight is 670 g/mol. The van der Waals surface area contributed by atoms with Gasteiger partial charge >= 0.3 is 12.1 Å². The summed E-state index contributed by atoms with van der Waals surface area (Å²) in [7, 11) is -3.10. The number of nitrogens with one attached hydrogen (secondary N) is 1. The highest BCUT2D eigenvalue weighted by Gasteiger charge is 2.54. The van der Waals surface area contributed by atoms with Gasteiger partial charge in [0.05, 0.1) is 13.1 Å². The van der Waals surface area contributed by atoms with E-state index in [-0.39, 0.29) is 17.5 Å². The van der Waals surface area contributed by atoms with Crippen LogP contribution in [0.3, 0.4) is 0 Å². The molecule has 3 aromatic rings. The molecule has 5 rings (SSSR count). The summed E-state index contributed by atoms with van der Waals surface area (Å²) < 4.78 is 18.8. The molecule has 1 N–H and O–H groups in total. The van der Waals surface area contributed by atoms with E-state index >= 15 is 0 Å². The van der Waals surface area contributed by atoms with Gasteiger partial charge in [0.2, 0.25) is 12.1 Å². The summed E-state index contributed by atoms with van der Waals surface area (Å²) in [5, 5.41) is 4.54. The van der Waals surface area contributed by atoms with E-state index in [1.165, 1.54) is 6.92 Å². The molecule has 2 heterocycles. The molecular weight excluding hydrogens is 623 g/mol. The average Bonchev–Trinajstić information content (AvgIpc) is 3.67. The maximum absolute atomic E-state index is 14.1. The van der Waals surface area contributed by atoms with Crippen molar-refractivity contribution in [3.8, 4) is 0 Å². The topological polar surface area (TPSA) is 97.4 Å². The molecular formula is C38H47N3O6Si. The summed E-state index contributed by atoms with van der Waals surface area (Å²) in [6.45, 7) is 15.2. The van der Waals surface area contributed by atoms with Gasteiger partial charge < -0.3 is 19.2 Å². The van der Waals surface area contributed by atoms with Gasteiger partial charge in [-0.1, -0.05) is 99.6 Å². The van der Waals surface area contributed by atoms with Crippen LogP contribution in [0, 0.1) is 0 Å². The Kier molecular flexibility index (Phi) is 10.3. The van der Waals surface area contributed by atoms with Crippen LogP contribution in [-0.2, 0) is 23.5 Å². The fourth-order valence-corrected chi connectivity index (χ4v) is 11.0. The SMILES string of the molecule is CC(=O)NC[C@H]1CN(c2ccc(C3=CCN([C@@H](O[Si](c4ccccc4)(c4ccccc4)C(C)(C)C)C(=O)OC(C)(C)C)C3)cc2)C(=O)O1. The van der Waals surface area contributed by atoms with Crippen molar-refractivity contribution < 1.29 is 28.3 Å². The van der Waals surface area contributed by atoms with Gasteiger partial charge in [-0.15, -0.1) is 0 Å². The molecule has 2 aliphatic heterocycles. The molecule has 0 aromatic heterocycles. The molecule has 9 nitrogen and oxygen atoms in total. The Balaban J connectivity index is 1.42. The number of amides is 2. The number of cyclic esters (lactones) is 1. The first-order valence-electron chi connectivity index (χ1n) is 16.5. The Morgan fingerprint density at radius 2 is 1.50 bits per heavy atom. The van der Waals surface area contributed by atoms with E-state index in [9.17, 15) is 14.4 Å². The monoisotopic (exact) mass is 669 g/mol. The zero-order valence-electron chi connectivity index (χ0n) is 29.0. The lowest BCUT2D eigenvalue weighted by atomic mass is 10.1. The van der Waals surface area contributed by atoms with Crippen molar-refractivity contribution in [2.75, 3.05) is 31.1 Å². The minimum atomic E-state index is -3.10. The van der Waals surface area contributed by atoms with E-state index in [0.29, 0.717) is 25.3 Å². The molecule has 0 unspecified atom stereocenters. The number of rotatable bonds is 10. The Morgan fingerprint density at radius 3 is 2.02 bits per heavy atom. The predicted molar refractivity (Wildman–Crippen MR) is 191 cm³/mol. The Hall–Kier alpha value is -4.25. The van der Waals surface area contributed by atoms with E-state index in [0.717, 1.165) is 21.5 Å². The second kappa shape index (κ2) is 14.1. The fourth-order valence-electron chi connectivity index (χ4n) is 6.40. The molecule has 0 spiro atoms. The molecule has 0 aliphatic carbocycles. The fraction of sp³-hybridized carbons (Fsp3) is 0.395. The summed E-state index contributed by atoms with van der Waals surface area (Å²) in [5.74, 6) is -0.583. The quantitative estimate of drug-likeness (QED) is 0.237. The smallest absolute Gasteiger partial charge is 0.414 e. The Bertz CT molecular complexity index is 1590. The van der Waals surface area contributed by atoms with Crippen LogP contribution in [0.1, 0.15) is 54.0 Å². The van der Waals surface area contributed by atoms with Crippen LogP contribution in [0.15, 0.2) is 91.0 Å². The van der Waals surface area contributed by atoms with Gasteiger partial charge in [-0.05, 0) is 59.5 Å². The van der Waals surface area contributed by atoms with Crippen molar-refractivity contribution in [2.45, 2.75) is 71.4 Å². The van der Waals surface area contributed by atoms with Crippen molar-refractivity contribution in [3.05, 3.63) is 96.6 Å². The van der Waals surface area contributed by atoms with Gasteiger partial charge in [-0.25, -0.2) is 9.59 Å². The van der Waals surface area contributed by atoms with Crippen molar-refractivity contribution >= 4 is 47.9 Å². The van der Waals surface area contributed by atoms with Gasteiger partial charge in [-0.3, -0.25) is 14.6 Å². The largest absolute Gasteiger partial charge is 0.457 e. The Morgan fingerprint density at radius 1 is 0.917 bits per heavy atom. The lowest BCUT2D eigenvalue weighted by Gasteiger charge is -2.46. The molecule has 2 aliphatic rings. The maximum Gasteiger partial charge on any atom is 0.414 e. The zero-order chi connectivity index (χ0) is 34.7. The third-order valence-corrected chi connectivity index (χ3v) is 13.6. The van der Waals surface area contributed by atoms with Gasteiger partial charge in [0.1, 0.15) is 11.7 Å². The third-order valence-electron chi connectivity index (χ3n) is 8.59. The molecule has 1 saturated heterocycles. The van der Waals surface area contributed by atoms with Gasteiger partial charge in [0.15, 0.2) is 0 Å². The first-order chi connectivity index (χ1) is 22.7. The number of carbonyl (C=O) groups excluding carboxylic acids is 3. The summed E-state index contributed by atoms with van der Waals surface area (Å²) in [6.07, 6.45) is 0.315. The van der Waals surface area contributed by atoms with Crippen LogP contribution in [0.4, 0.5) is 10.5 Å². The number of hydrogen-bond donors (Lipinski definition) is 1. The lowest BCUT2D eigenvalue weighted by Crippen LogP contribution is -2.69. The number of esters is 1. The van der Waals surface area contributed by atoms with Crippen molar-refractivity contribution in [3.63, 3.8) is 0 Å². The molecule has 0 radical (unpaired) electrons. The lowest BCUT2D eigenvalue weighted by molar-refractivity contribution is -0.172. The molecule has 254 valence electrons. The molecule has 0 bridgehead atoms. The van der Waals surface area contributed by atoms with E-state index in [1.54, 1.807) is 4.90 Å². The molecule has 1 fully saturated rings. The summed E-state index contributed by atoms with van der Waals surface area (Å²) in [5.41, 5.74) is 2.05. The summed E-state index contributed by atoms with van der Waals surface area (Å²) in [4.78, 5) is 41.6. The second-order valence-corrected chi connectivity index (χ2v) is 18.7. The first kappa shape index (κ1) is 35.1. The van der Waals surface area contributed by atoms with Crippen LogP contribution in [0.2, 0.25) is 5.04 Å².